The molecule has 1 unspecified atom stereocenters. The molecule has 0 spiro atoms. The Morgan fingerprint density at radius 2 is 1.08 bits per heavy atom. The molecule has 0 N–H and O–H groups in total. The van der Waals surface area contributed by atoms with Gasteiger partial charge in [0.2, 0.25) is 0 Å². The summed E-state index contributed by atoms with van der Waals surface area (Å²) in [5.41, 5.74) is -0.0858. The Morgan fingerprint density at radius 1 is 0.720 bits per heavy atom. The molecule has 0 fully saturated rings. The minimum atomic E-state index is -2.60. The molecule has 0 amide bonds. The van der Waals surface area contributed by atoms with Gasteiger partial charge in [-0.2, -0.15) is 0 Å². The van der Waals surface area contributed by atoms with Gasteiger partial charge >= 0.3 is 0 Å². The molecule has 0 heterocycles. The zero-order valence-electron chi connectivity index (χ0n) is 14.5. The van der Waals surface area contributed by atoms with Gasteiger partial charge in [0.05, 0.1) is 5.44 Å². The fourth-order valence-corrected chi connectivity index (χ4v) is 7.88. The molecule has 0 aromatic heterocycles. The maximum Gasteiger partial charge on any atom is 0.289 e. The molecule has 0 bridgehead atoms. The molecule has 0 saturated heterocycles. The zero-order chi connectivity index (χ0) is 17.5. The van der Waals surface area contributed by atoms with E-state index in [1.807, 2.05) is 0 Å². The molecule has 3 aromatic rings. The smallest absolute Gasteiger partial charge is 0.289 e. The van der Waals surface area contributed by atoms with Crippen LogP contribution in [0.2, 0.25) is 0 Å². The van der Waals surface area contributed by atoms with Gasteiger partial charge in [-0.25, -0.2) is 0 Å². The fraction of sp³-hybridized carbons (Fsp3) is 0.182. The van der Waals surface area contributed by atoms with Gasteiger partial charge < -0.3 is 4.43 Å². The van der Waals surface area contributed by atoms with E-state index in [2.05, 4.69) is 97.9 Å². The van der Waals surface area contributed by atoms with Gasteiger partial charge in [0.25, 0.3) is 8.32 Å². The molecular formula is C22H24OSSi. The second-order valence-corrected chi connectivity index (χ2v) is 10.0. The van der Waals surface area contributed by atoms with Crippen LogP contribution in [-0.4, -0.2) is 13.8 Å². The average Bonchev–Trinajstić information content (AvgIpc) is 2.68. The highest BCUT2D eigenvalue weighted by molar-refractivity contribution is 7.80. The zero-order valence-corrected chi connectivity index (χ0v) is 16.4. The van der Waals surface area contributed by atoms with E-state index in [1.165, 1.54) is 15.6 Å². The highest BCUT2D eigenvalue weighted by atomic mass is 32.1. The highest BCUT2D eigenvalue weighted by Crippen LogP contribution is 2.16. The predicted molar refractivity (Wildman–Crippen MR) is 113 cm³/mol. The summed E-state index contributed by atoms with van der Waals surface area (Å²) >= 11 is 4.77. The van der Waals surface area contributed by atoms with Crippen molar-refractivity contribution in [2.45, 2.75) is 25.2 Å². The molecule has 1 atom stereocenters. The van der Waals surface area contributed by atoms with E-state index in [0.29, 0.717) is 0 Å². The van der Waals surface area contributed by atoms with Gasteiger partial charge in [-0.1, -0.05) is 104 Å². The summed E-state index contributed by atoms with van der Waals surface area (Å²) in [5, 5.41) is 3.76. The molecule has 0 aliphatic heterocycles. The minimum Gasteiger partial charge on any atom is -0.392 e. The number of hydrogen-bond donors (Lipinski definition) is 1. The van der Waals surface area contributed by atoms with Gasteiger partial charge in [-0.3, -0.25) is 0 Å². The predicted octanol–water partition coefficient (Wildman–Crippen LogP) is 3.73. The Kier molecular flexibility index (Phi) is 6.13. The first-order valence-electron chi connectivity index (χ1n) is 8.80. The van der Waals surface area contributed by atoms with Crippen LogP contribution in [0.4, 0.5) is 0 Å². The van der Waals surface area contributed by atoms with Crippen molar-refractivity contribution >= 4 is 36.5 Å². The Morgan fingerprint density at radius 3 is 1.40 bits per heavy atom. The van der Waals surface area contributed by atoms with E-state index >= 15 is 0 Å². The highest BCUT2D eigenvalue weighted by Gasteiger charge is 2.43. The van der Waals surface area contributed by atoms with E-state index in [9.17, 15) is 0 Å². The van der Waals surface area contributed by atoms with Crippen LogP contribution in [0, 0.1) is 0 Å². The average molecular weight is 365 g/mol. The van der Waals surface area contributed by atoms with Crippen LogP contribution in [0.25, 0.3) is 0 Å². The van der Waals surface area contributed by atoms with Gasteiger partial charge in [-0.05, 0) is 22.0 Å². The maximum atomic E-state index is 6.84. The summed E-state index contributed by atoms with van der Waals surface area (Å²) in [5.74, 6) is 0. The second kappa shape index (κ2) is 8.52. The number of benzene rings is 3. The molecule has 1 nitrogen and oxygen atoms in total. The topological polar surface area (TPSA) is 9.23 Å². The first-order valence-corrected chi connectivity index (χ1v) is 11.2. The van der Waals surface area contributed by atoms with Crippen LogP contribution in [0.1, 0.15) is 19.8 Å². The summed E-state index contributed by atoms with van der Waals surface area (Å²) in [6, 6.07) is 31.9. The van der Waals surface area contributed by atoms with Crippen molar-refractivity contribution in [3.8, 4) is 0 Å². The quantitative estimate of drug-likeness (QED) is 0.291. The van der Waals surface area contributed by atoms with Crippen molar-refractivity contribution in [3.63, 3.8) is 0 Å². The third-order valence-electron chi connectivity index (χ3n) is 4.39. The van der Waals surface area contributed by atoms with Crippen molar-refractivity contribution in [1.29, 1.82) is 0 Å². The number of hydrogen-bond acceptors (Lipinski definition) is 2. The molecule has 0 radical (unpaired) electrons. The summed E-state index contributed by atoms with van der Waals surface area (Å²) < 4.78 is 6.84. The van der Waals surface area contributed by atoms with E-state index in [-0.39, 0.29) is 5.44 Å². The summed E-state index contributed by atoms with van der Waals surface area (Å²) in [7, 11) is -2.60. The van der Waals surface area contributed by atoms with Crippen molar-refractivity contribution in [2.75, 3.05) is 0 Å². The first-order chi connectivity index (χ1) is 12.3. The molecule has 3 rings (SSSR count). The lowest BCUT2D eigenvalue weighted by Crippen LogP contribution is -2.70. The SMILES string of the molecule is CCCC(S)O[Si](c1ccccc1)(c1ccccc1)c1ccccc1. The Bertz CT molecular complexity index is 665. The van der Waals surface area contributed by atoms with Crippen LogP contribution in [0.5, 0.6) is 0 Å². The van der Waals surface area contributed by atoms with Gasteiger partial charge in [0.15, 0.2) is 0 Å². The van der Waals surface area contributed by atoms with Crippen LogP contribution in [0.3, 0.4) is 0 Å². The number of rotatable bonds is 7. The molecule has 3 heteroatoms. The van der Waals surface area contributed by atoms with Crippen molar-refractivity contribution in [2.24, 2.45) is 0 Å². The lowest BCUT2D eigenvalue weighted by atomic mass is 10.3. The second-order valence-electron chi connectivity index (χ2n) is 6.14. The van der Waals surface area contributed by atoms with E-state index < -0.39 is 8.32 Å². The van der Waals surface area contributed by atoms with Crippen LogP contribution in [-0.2, 0) is 4.43 Å². The van der Waals surface area contributed by atoms with Crippen molar-refractivity contribution in [3.05, 3.63) is 91.0 Å². The van der Waals surface area contributed by atoms with E-state index in [4.69, 9.17) is 17.1 Å². The molecular weight excluding hydrogens is 340 g/mol. The molecule has 0 aliphatic rings. The lowest BCUT2D eigenvalue weighted by molar-refractivity contribution is 0.282. The minimum absolute atomic E-state index is 0.0858. The van der Waals surface area contributed by atoms with Crippen LogP contribution < -0.4 is 15.6 Å². The Labute approximate surface area is 157 Å². The van der Waals surface area contributed by atoms with Crippen molar-refractivity contribution in [1.82, 2.24) is 0 Å². The standard InChI is InChI=1S/C22H24OSSi/c1-2-12-22(24)23-25(19-13-6-3-7-14-19,20-15-8-4-9-16-20)21-17-10-5-11-18-21/h3-11,13-18,22,24H,2,12H2,1H3. The summed E-state index contributed by atoms with van der Waals surface area (Å²) in [6.45, 7) is 2.17. The Balaban J connectivity index is 2.24. The third kappa shape index (κ3) is 3.89. The van der Waals surface area contributed by atoms with Gasteiger partial charge in [0, 0.05) is 0 Å². The summed E-state index contributed by atoms with van der Waals surface area (Å²) in [6.07, 6.45) is 1.99. The normalized spacial score (nSPS) is 12.7. The maximum absolute atomic E-state index is 6.84. The van der Waals surface area contributed by atoms with Crippen LogP contribution >= 0.6 is 12.6 Å². The molecule has 128 valence electrons. The van der Waals surface area contributed by atoms with Gasteiger partial charge in [-0.15, -0.1) is 12.6 Å². The molecule has 25 heavy (non-hydrogen) atoms. The fourth-order valence-electron chi connectivity index (χ4n) is 3.23. The third-order valence-corrected chi connectivity index (χ3v) is 9.03. The largest absolute Gasteiger partial charge is 0.392 e. The Hall–Kier alpha value is -1.81. The first kappa shape index (κ1) is 18.0. The molecule has 0 aliphatic carbocycles. The van der Waals surface area contributed by atoms with E-state index in [0.717, 1.165) is 12.8 Å². The molecule has 3 aromatic carbocycles. The van der Waals surface area contributed by atoms with Gasteiger partial charge in [0.1, 0.15) is 0 Å². The number of thiol groups is 1. The van der Waals surface area contributed by atoms with Crippen LogP contribution in [0.15, 0.2) is 91.0 Å². The molecule has 0 saturated carbocycles. The van der Waals surface area contributed by atoms with Crippen molar-refractivity contribution < 1.29 is 4.43 Å². The lowest BCUT2D eigenvalue weighted by Gasteiger charge is -2.35. The monoisotopic (exact) mass is 364 g/mol. The summed E-state index contributed by atoms with van der Waals surface area (Å²) in [4.78, 5) is 0. The van der Waals surface area contributed by atoms with E-state index in [1.54, 1.807) is 0 Å².